The van der Waals surface area contributed by atoms with Gasteiger partial charge in [-0.05, 0) is 62.5 Å². The molecular weight excluding hydrogens is 256 g/mol. The molecule has 0 aromatic heterocycles. The van der Waals surface area contributed by atoms with Crippen LogP contribution in [0.4, 0.5) is 0 Å². The largest absolute Gasteiger partial charge is 0.316 e. The van der Waals surface area contributed by atoms with E-state index in [2.05, 4.69) is 35.5 Å². The first-order valence-electron chi connectivity index (χ1n) is 7.40. The van der Waals surface area contributed by atoms with Gasteiger partial charge in [0.2, 0.25) is 0 Å². The zero-order chi connectivity index (χ0) is 13.2. The standard InChI is InChI=1S/C16H23ClN2/c1-19-10-14(11-19)15-5-4-12(8-16(15)17)7-13-3-2-6-18-9-13/h4-5,8,13-14,18H,2-3,6-7,9-11H2,1H3. The van der Waals surface area contributed by atoms with E-state index in [1.54, 1.807) is 0 Å². The van der Waals surface area contributed by atoms with E-state index >= 15 is 0 Å². The summed E-state index contributed by atoms with van der Waals surface area (Å²) in [5, 5.41) is 4.46. The van der Waals surface area contributed by atoms with Crippen LogP contribution in [0.2, 0.25) is 5.02 Å². The molecule has 2 aliphatic heterocycles. The number of hydrogen-bond acceptors (Lipinski definition) is 2. The van der Waals surface area contributed by atoms with Crippen molar-refractivity contribution in [2.24, 2.45) is 5.92 Å². The van der Waals surface area contributed by atoms with Crippen molar-refractivity contribution in [2.75, 3.05) is 33.2 Å². The van der Waals surface area contributed by atoms with Crippen LogP contribution in [0.15, 0.2) is 18.2 Å². The van der Waals surface area contributed by atoms with Gasteiger partial charge in [-0.25, -0.2) is 0 Å². The second-order valence-electron chi connectivity index (χ2n) is 6.19. The Morgan fingerprint density at radius 3 is 2.84 bits per heavy atom. The molecule has 1 unspecified atom stereocenters. The summed E-state index contributed by atoms with van der Waals surface area (Å²) in [7, 11) is 2.16. The summed E-state index contributed by atoms with van der Waals surface area (Å²) in [5.41, 5.74) is 2.74. The second kappa shape index (κ2) is 5.82. The van der Waals surface area contributed by atoms with Gasteiger partial charge in [-0.3, -0.25) is 0 Å². The third-order valence-corrected chi connectivity index (χ3v) is 4.82. The molecule has 1 atom stereocenters. The minimum atomic E-state index is 0.642. The van der Waals surface area contributed by atoms with Gasteiger partial charge in [0.25, 0.3) is 0 Å². The molecule has 2 heterocycles. The molecule has 1 aromatic rings. The fourth-order valence-corrected chi connectivity index (χ4v) is 3.71. The minimum absolute atomic E-state index is 0.642. The zero-order valence-electron chi connectivity index (χ0n) is 11.7. The number of piperidine rings is 1. The molecule has 0 radical (unpaired) electrons. The molecule has 2 nitrogen and oxygen atoms in total. The molecule has 1 N–H and O–H groups in total. The fourth-order valence-electron chi connectivity index (χ4n) is 3.36. The maximum absolute atomic E-state index is 6.47. The normalized spacial score (nSPS) is 25.3. The summed E-state index contributed by atoms with van der Waals surface area (Å²) in [4.78, 5) is 2.34. The van der Waals surface area contributed by atoms with E-state index in [0.29, 0.717) is 5.92 Å². The molecule has 0 saturated carbocycles. The van der Waals surface area contributed by atoms with Gasteiger partial charge < -0.3 is 10.2 Å². The predicted octanol–water partition coefficient (Wildman–Crippen LogP) is 2.91. The van der Waals surface area contributed by atoms with E-state index in [-0.39, 0.29) is 0 Å². The Balaban J connectivity index is 1.65. The lowest BCUT2D eigenvalue weighted by molar-refractivity contribution is 0.190. The first-order chi connectivity index (χ1) is 9.22. The molecule has 2 saturated heterocycles. The Kier molecular flexibility index (Phi) is 4.11. The van der Waals surface area contributed by atoms with Crippen molar-refractivity contribution < 1.29 is 0 Å². The van der Waals surface area contributed by atoms with Crippen LogP contribution >= 0.6 is 11.6 Å². The number of nitrogens with one attached hydrogen (secondary N) is 1. The molecule has 0 amide bonds. The molecule has 3 heteroatoms. The quantitative estimate of drug-likeness (QED) is 0.915. The number of nitrogens with zero attached hydrogens (tertiary/aromatic N) is 1. The Hall–Kier alpha value is -0.570. The molecule has 0 spiro atoms. The molecule has 104 valence electrons. The summed E-state index contributed by atoms with van der Waals surface area (Å²) < 4.78 is 0. The van der Waals surface area contributed by atoms with E-state index in [4.69, 9.17) is 11.6 Å². The molecule has 3 rings (SSSR count). The lowest BCUT2D eigenvalue weighted by Gasteiger charge is -2.37. The summed E-state index contributed by atoms with van der Waals surface area (Å²) >= 11 is 6.47. The van der Waals surface area contributed by atoms with Crippen LogP contribution in [0.25, 0.3) is 0 Å². The van der Waals surface area contributed by atoms with Crippen molar-refractivity contribution in [3.05, 3.63) is 34.3 Å². The fraction of sp³-hybridized carbons (Fsp3) is 0.625. The summed E-state index contributed by atoms with van der Waals surface area (Å²) in [6, 6.07) is 6.74. The van der Waals surface area contributed by atoms with Crippen LogP contribution in [-0.2, 0) is 6.42 Å². The van der Waals surface area contributed by atoms with E-state index in [9.17, 15) is 0 Å². The highest BCUT2D eigenvalue weighted by molar-refractivity contribution is 6.31. The smallest absolute Gasteiger partial charge is 0.0444 e. The number of halogens is 1. The molecular formula is C16H23ClN2. The second-order valence-corrected chi connectivity index (χ2v) is 6.60. The van der Waals surface area contributed by atoms with Crippen LogP contribution < -0.4 is 5.32 Å². The number of rotatable bonds is 3. The van der Waals surface area contributed by atoms with Gasteiger partial charge in [-0.2, -0.15) is 0 Å². The van der Waals surface area contributed by atoms with Crippen molar-refractivity contribution in [2.45, 2.75) is 25.2 Å². The van der Waals surface area contributed by atoms with Crippen molar-refractivity contribution in [1.82, 2.24) is 10.2 Å². The first-order valence-corrected chi connectivity index (χ1v) is 7.78. The SMILES string of the molecule is CN1CC(c2ccc(CC3CCCNC3)cc2Cl)C1. The highest BCUT2D eigenvalue weighted by Crippen LogP contribution is 2.32. The first kappa shape index (κ1) is 13.4. The van der Waals surface area contributed by atoms with Gasteiger partial charge in [-0.1, -0.05) is 23.7 Å². The lowest BCUT2D eigenvalue weighted by Crippen LogP contribution is -2.41. The molecule has 19 heavy (non-hydrogen) atoms. The minimum Gasteiger partial charge on any atom is -0.316 e. The van der Waals surface area contributed by atoms with Gasteiger partial charge in [0.15, 0.2) is 0 Å². The summed E-state index contributed by atoms with van der Waals surface area (Å²) in [6.45, 7) is 4.63. The average molecular weight is 279 g/mol. The Morgan fingerprint density at radius 2 is 2.21 bits per heavy atom. The van der Waals surface area contributed by atoms with Gasteiger partial charge in [0, 0.05) is 24.0 Å². The van der Waals surface area contributed by atoms with Crippen molar-refractivity contribution in [1.29, 1.82) is 0 Å². The van der Waals surface area contributed by atoms with E-state index < -0.39 is 0 Å². The zero-order valence-corrected chi connectivity index (χ0v) is 12.4. The third kappa shape index (κ3) is 3.13. The number of benzene rings is 1. The van der Waals surface area contributed by atoms with Crippen LogP contribution in [0.5, 0.6) is 0 Å². The van der Waals surface area contributed by atoms with Crippen molar-refractivity contribution in [3.63, 3.8) is 0 Å². The molecule has 0 aliphatic carbocycles. The van der Waals surface area contributed by atoms with Crippen LogP contribution in [0.3, 0.4) is 0 Å². The maximum Gasteiger partial charge on any atom is 0.0444 e. The predicted molar refractivity (Wildman–Crippen MR) is 81.0 cm³/mol. The van der Waals surface area contributed by atoms with Gasteiger partial charge >= 0.3 is 0 Å². The topological polar surface area (TPSA) is 15.3 Å². The average Bonchev–Trinajstić information content (AvgIpc) is 2.37. The monoisotopic (exact) mass is 278 g/mol. The molecule has 1 aromatic carbocycles. The van der Waals surface area contributed by atoms with Gasteiger partial charge in [-0.15, -0.1) is 0 Å². The third-order valence-electron chi connectivity index (χ3n) is 4.49. The molecule has 2 aliphatic rings. The van der Waals surface area contributed by atoms with Gasteiger partial charge in [0.1, 0.15) is 0 Å². The summed E-state index contributed by atoms with van der Waals surface area (Å²) in [6.07, 6.45) is 3.82. The van der Waals surface area contributed by atoms with Crippen molar-refractivity contribution in [3.8, 4) is 0 Å². The summed E-state index contributed by atoms with van der Waals surface area (Å²) in [5.74, 6) is 1.42. The Bertz CT molecular complexity index is 434. The van der Waals surface area contributed by atoms with Crippen molar-refractivity contribution >= 4 is 11.6 Å². The maximum atomic E-state index is 6.47. The van der Waals surface area contributed by atoms with E-state index in [0.717, 1.165) is 37.0 Å². The van der Waals surface area contributed by atoms with Crippen LogP contribution in [-0.4, -0.2) is 38.1 Å². The van der Waals surface area contributed by atoms with E-state index in [1.165, 1.54) is 30.5 Å². The number of likely N-dealkylation sites (tertiary alicyclic amines) is 1. The number of hydrogen-bond donors (Lipinski definition) is 1. The highest BCUT2D eigenvalue weighted by Gasteiger charge is 2.26. The molecule has 0 bridgehead atoms. The van der Waals surface area contributed by atoms with E-state index in [1.807, 2.05) is 0 Å². The Labute approximate surface area is 121 Å². The van der Waals surface area contributed by atoms with Gasteiger partial charge in [0.05, 0.1) is 0 Å². The van der Waals surface area contributed by atoms with Crippen LogP contribution in [0, 0.1) is 5.92 Å². The lowest BCUT2D eigenvalue weighted by atomic mass is 9.88. The van der Waals surface area contributed by atoms with Crippen LogP contribution in [0.1, 0.15) is 29.9 Å². The molecule has 2 fully saturated rings. The highest BCUT2D eigenvalue weighted by atomic mass is 35.5. The number of likely N-dealkylation sites (N-methyl/N-ethyl adjacent to an activating group) is 1. The Morgan fingerprint density at radius 1 is 1.37 bits per heavy atom.